The minimum Gasteiger partial charge on any atom is -0.497 e. The Morgan fingerprint density at radius 3 is 2.84 bits per heavy atom. The van der Waals surface area contributed by atoms with Gasteiger partial charge in [0.2, 0.25) is 5.91 Å². The lowest BCUT2D eigenvalue weighted by Gasteiger charge is -2.35. The third-order valence-corrected chi connectivity index (χ3v) is 4.30. The SMILES string of the molecule is CCc1ncnc(N2CCN(Cc3cccc(OC)c3)C(=O)C2)c1F. The first-order chi connectivity index (χ1) is 12.1. The molecule has 132 valence electrons. The summed E-state index contributed by atoms with van der Waals surface area (Å²) in [4.78, 5) is 23.9. The van der Waals surface area contributed by atoms with E-state index >= 15 is 0 Å². The molecule has 7 heteroatoms. The zero-order valence-corrected chi connectivity index (χ0v) is 14.4. The normalized spacial score (nSPS) is 14.8. The molecule has 3 rings (SSSR count). The van der Waals surface area contributed by atoms with Crippen LogP contribution in [-0.4, -0.2) is 47.5 Å². The molecule has 1 aliphatic rings. The number of ether oxygens (including phenoxy) is 1. The number of rotatable bonds is 5. The molecule has 1 fully saturated rings. The van der Waals surface area contributed by atoms with Crippen LogP contribution in [0.4, 0.5) is 10.2 Å². The Hall–Kier alpha value is -2.70. The standard InChI is InChI=1S/C18H21FN4O2/c1-3-15-17(19)18(21-12-20-15)23-8-7-22(16(24)11-23)10-13-5-4-6-14(9-13)25-2/h4-6,9,12H,3,7-8,10-11H2,1-2H3. The highest BCUT2D eigenvalue weighted by molar-refractivity contribution is 5.82. The van der Waals surface area contributed by atoms with Crippen molar-refractivity contribution in [2.45, 2.75) is 19.9 Å². The Kier molecular flexibility index (Phi) is 5.11. The van der Waals surface area contributed by atoms with Gasteiger partial charge in [0.15, 0.2) is 11.6 Å². The van der Waals surface area contributed by atoms with Crippen LogP contribution >= 0.6 is 0 Å². The van der Waals surface area contributed by atoms with Crippen LogP contribution in [0.15, 0.2) is 30.6 Å². The van der Waals surface area contributed by atoms with Crippen molar-refractivity contribution in [3.63, 3.8) is 0 Å². The second kappa shape index (κ2) is 7.46. The summed E-state index contributed by atoms with van der Waals surface area (Å²) in [6, 6.07) is 7.64. The Morgan fingerprint density at radius 2 is 2.12 bits per heavy atom. The number of carbonyl (C=O) groups is 1. The van der Waals surface area contributed by atoms with Crippen LogP contribution < -0.4 is 9.64 Å². The van der Waals surface area contributed by atoms with Crippen LogP contribution in [0.1, 0.15) is 18.2 Å². The average molecular weight is 344 g/mol. The number of halogens is 1. The van der Waals surface area contributed by atoms with Crippen molar-refractivity contribution in [2.24, 2.45) is 0 Å². The largest absolute Gasteiger partial charge is 0.497 e. The molecule has 2 heterocycles. The summed E-state index contributed by atoms with van der Waals surface area (Å²) in [6.45, 7) is 3.51. The van der Waals surface area contributed by atoms with Crippen molar-refractivity contribution in [1.82, 2.24) is 14.9 Å². The maximum absolute atomic E-state index is 14.4. The van der Waals surface area contributed by atoms with E-state index in [0.29, 0.717) is 31.7 Å². The van der Waals surface area contributed by atoms with Gasteiger partial charge in [-0.2, -0.15) is 0 Å². The van der Waals surface area contributed by atoms with Gasteiger partial charge >= 0.3 is 0 Å². The molecule has 0 saturated carbocycles. The van der Waals surface area contributed by atoms with Crippen LogP contribution in [0.2, 0.25) is 0 Å². The van der Waals surface area contributed by atoms with Crippen molar-refractivity contribution in [2.75, 3.05) is 31.6 Å². The minimum absolute atomic E-state index is 0.0508. The molecule has 0 N–H and O–H groups in total. The number of benzene rings is 1. The fourth-order valence-corrected chi connectivity index (χ4v) is 2.91. The van der Waals surface area contributed by atoms with E-state index < -0.39 is 5.82 Å². The molecule has 25 heavy (non-hydrogen) atoms. The summed E-state index contributed by atoms with van der Waals surface area (Å²) in [5, 5.41) is 0. The molecule has 0 radical (unpaired) electrons. The van der Waals surface area contributed by atoms with Gasteiger partial charge in [-0.15, -0.1) is 0 Å². The number of anilines is 1. The van der Waals surface area contributed by atoms with E-state index in [4.69, 9.17) is 4.74 Å². The van der Waals surface area contributed by atoms with Crippen molar-refractivity contribution >= 4 is 11.7 Å². The molecular weight excluding hydrogens is 323 g/mol. The van der Waals surface area contributed by atoms with E-state index in [1.54, 1.807) is 16.9 Å². The fraction of sp³-hybridized carbons (Fsp3) is 0.389. The van der Waals surface area contributed by atoms with Crippen molar-refractivity contribution in [1.29, 1.82) is 0 Å². The predicted molar refractivity (Wildman–Crippen MR) is 92.0 cm³/mol. The summed E-state index contributed by atoms with van der Waals surface area (Å²) in [5.41, 5.74) is 1.37. The number of nitrogens with zero attached hydrogens (tertiary/aromatic N) is 4. The minimum atomic E-state index is -0.431. The van der Waals surface area contributed by atoms with Gasteiger partial charge in [0.1, 0.15) is 12.1 Å². The number of aryl methyl sites for hydroxylation is 1. The molecule has 0 bridgehead atoms. The molecule has 0 unspecified atom stereocenters. The zero-order valence-electron chi connectivity index (χ0n) is 14.4. The predicted octanol–water partition coefficient (Wildman–Crippen LogP) is 2.04. The monoisotopic (exact) mass is 344 g/mol. The molecule has 0 atom stereocenters. The van der Waals surface area contributed by atoms with Crippen molar-refractivity contribution < 1.29 is 13.9 Å². The lowest BCUT2D eigenvalue weighted by atomic mass is 10.2. The van der Waals surface area contributed by atoms with Gasteiger partial charge in [-0.1, -0.05) is 19.1 Å². The Balaban J connectivity index is 1.69. The van der Waals surface area contributed by atoms with E-state index in [1.165, 1.54) is 6.33 Å². The van der Waals surface area contributed by atoms with Crippen LogP contribution in [0.3, 0.4) is 0 Å². The molecule has 2 aromatic rings. The number of piperazine rings is 1. The van der Waals surface area contributed by atoms with Gasteiger partial charge in [0.25, 0.3) is 0 Å². The number of aromatic nitrogens is 2. The molecule has 1 amide bonds. The maximum Gasteiger partial charge on any atom is 0.242 e. The molecule has 1 aliphatic heterocycles. The Bertz CT molecular complexity index is 768. The molecule has 6 nitrogen and oxygen atoms in total. The average Bonchev–Trinajstić information content (AvgIpc) is 2.64. The molecule has 0 spiro atoms. The summed E-state index contributed by atoms with van der Waals surface area (Å²) in [6.07, 6.45) is 1.84. The second-order valence-electron chi connectivity index (χ2n) is 5.90. The van der Waals surface area contributed by atoms with E-state index in [0.717, 1.165) is 11.3 Å². The van der Waals surface area contributed by atoms with Crippen molar-refractivity contribution in [3.8, 4) is 5.75 Å². The lowest BCUT2D eigenvalue weighted by molar-refractivity contribution is -0.131. The summed E-state index contributed by atoms with van der Waals surface area (Å²) < 4.78 is 19.6. The maximum atomic E-state index is 14.4. The highest BCUT2D eigenvalue weighted by Crippen LogP contribution is 2.21. The second-order valence-corrected chi connectivity index (χ2v) is 5.90. The van der Waals surface area contributed by atoms with Crippen molar-refractivity contribution in [3.05, 3.63) is 47.7 Å². The first kappa shape index (κ1) is 17.1. The third kappa shape index (κ3) is 3.70. The number of amides is 1. The molecule has 1 saturated heterocycles. The molecule has 1 aromatic heterocycles. The van der Waals surface area contributed by atoms with Crippen LogP contribution in [0, 0.1) is 5.82 Å². The first-order valence-electron chi connectivity index (χ1n) is 8.27. The van der Waals surface area contributed by atoms with Gasteiger partial charge in [-0.3, -0.25) is 4.79 Å². The number of hydrogen-bond acceptors (Lipinski definition) is 5. The number of hydrogen-bond donors (Lipinski definition) is 0. The topological polar surface area (TPSA) is 58.6 Å². The van der Waals surface area contributed by atoms with Gasteiger partial charge in [0.05, 0.1) is 19.3 Å². The van der Waals surface area contributed by atoms with E-state index in [9.17, 15) is 9.18 Å². The molecule has 1 aromatic carbocycles. The summed E-state index contributed by atoms with van der Waals surface area (Å²) >= 11 is 0. The van der Waals surface area contributed by atoms with Crippen LogP contribution in [0.5, 0.6) is 5.75 Å². The van der Waals surface area contributed by atoms with E-state index in [-0.39, 0.29) is 18.3 Å². The smallest absolute Gasteiger partial charge is 0.242 e. The Morgan fingerprint density at radius 1 is 1.28 bits per heavy atom. The first-order valence-corrected chi connectivity index (χ1v) is 8.27. The Labute approximate surface area is 146 Å². The van der Waals surface area contributed by atoms with Crippen LogP contribution in [-0.2, 0) is 17.8 Å². The summed E-state index contributed by atoms with van der Waals surface area (Å²) in [5.74, 6) is 0.490. The quantitative estimate of drug-likeness (QED) is 0.831. The summed E-state index contributed by atoms with van der Waals surface area (Å²) in [7, 11) is 1.61. The van der Waals surface area contributed by atoms with Gasteiger partial charge in [-0.05, 0) is 24.1 Å². The fourth-order valence-electron chi connectivity index (χ4n) is 2.91. The number of methoxy groups -OCH3 is 1. The highest BCUT2D eigenvalue weighted by Gasteiger charge is 2.27. The van der Waals surface area contributed by atoms with Gasteiger partial charge in [-0.25, -0.2) is 14.4 Å². The third-order valence-electron chi connectivity index (χ3n) is 4.30. The number of carbonyl (C=O) groups excluding carboxylic acids is 1. The zero-order chi connectivity index (χ0) is 17.8. The molecular formula is C18H21FN4O2. The van der Waals surface area contributed by atoms with E-state index in [2.05, 4.69) is 9.97 Å². The van der Waals surface area contributed by atoms with Crippen LogP contribution in [0.25, 0.3) is 0 Å². The molecule has 0 aliphatic carbocycles. The van der Waals surface area contributed by atoms with E-state index in [1.807, 2.05) is 31.2 Å². The highest BCUT2D eigenvalue weighted by atomic mass is 19.1. The lowest BCUT2D eigenvalue weighted by Crippen LogP contribution is -2.50. The van der Waals surface area contributed by atoms with Gasteiger partial charge in [0, 0.05) is 19.6 Å². The van der Waals surface area contributed by atoms with Gasteiger partial charge < -0.3 is 14.5 Å².